The Morgan fingerprint density at radius 2 is 2.00 bits per heavy atom. The first-order valence-electron chi connectivity index (χ1n) is 4.35. The topological polar surface area (TPSA) is 38.0 Å². The van der Waals surface area contributed by atoms with Crippen LogP contribution in [-0.2, 0) is 0 Å². The largest absolute Gasteiger partial charge is 0.330 e. The van der Waals surface area contributed by atoms with E-state index in [1.807, 2.05) is 6.92 Å². The van der Waals surface area contributed by atoms with Crippen LogP contribution in [0, 0.1) is 5.92 Å². The van der Waals surface area contributed by atoms with Gasteiger partial charge >= 0.3 is 0 Å². The normalized spacial score (nSPS) is 13.8. The molecule has 0 spiro atoms. The Bertz CT molecular complexity index is 99.1. The molecule has 0 aliphatic heterocycles. The summed E-state index contributed by atoms with van der Waals surface area (Å²) >= 11 is 0. The van der Waals surface area contributed by atoms with Crippen LogP contribution >= 0.6 is 0 Å². The highest BCUT2D eigenvalue weighted by Gasteiger charge is 2.04. The molecule has 0 heterocycles. The zero-order valence-electron chi connectivity index (χ0n) is 7.52. The van der Waals surface area contributed by atoms with Crippen LogP contribution in [0.5, 0.6) is 0 Å². The molecule has 3 N–H and O–H groups in total. The van der Waals surface area contributed by atoms with Crippen molar-refractivity contribution < 1.29 is 8.78 Å². The predicted octanol–water partition coefficient (Wildman–Crippen LogP) is 1.22. The first kappa shape index (κ1) is 11.8. The zero-order valence-corrected chi connectivity index (χ0v) is 7.52. The minimum atomic E-state index is -2.24. The molecule has 0 saturated carbocycles. The number of hydrogen-bond acceptors (Lipinski definition) is 2. The lowest BCUT2D eigenvalue weighted by Crippen LogP contribution is -2.26. The molecule has 1 atom stereocenters. The van der Waals surface area contributed by atoms with Gasteiger partial charge in [-0.2, -0.15) is 0 Å². The molecule has 12 heavy (non-hydrogen) atoms. The molecule has 0 bridgehead atoms. The van der Waals surface area contributed by atoms with Crippen molar-refractivity contribution in [2.24, 2.45) is 11.7 Å². The molecule has 74 valence electrons. The SMILES string of the molecule is CC(CCCN)CNCC(F)F. The van der Waals surface area contributed by atoms with Gasteiger partial charge in [0.2, 0.25) is 0 Å². The molecule has 0 saturated heterocycles. The van der Waals surface area contributed by atoms with Gasteiger partial charge in [0, 0.05) is 0 Å². The van der Waals surface area contributed by atoms with E-state index in [4.69, 9.17) is 5.73 Å². The van der Waals surface area contributed by atoms with E-state index in [9.17, 15) is 8.78 Å². The van der Waals surface area contributed by atoms with Crippen molar-refractivity contribution >= 4 is 0 Å². The van der Waals surface area contributed by atoms with E-state index < -0.39 is 6.43 Å². The molecule has 0 aliphatic carbocycles. The minimum absolute atomic E-state index is 0.201. The maximum atomic E-state index is 11.7. The summed E-state index contributed by atoms with van der Waals surface area (Å²) < 4.78 is 23.3. The summed E-state index contributed by atoms with van der Waals surface area (Å²) in [6.45, 7) is 3.17. The number of hydrogen-bond donors (Lipinski definition) is 2. The Balaban J connectivity index is 3.13. The van der Waals surface area contributed by atoms with Crippen LogP contribution in [0.15, 0.2) is 0 Å². The van der Waals surface area contributed by atoms with Crippen LogP contribution in [0.25, 0.3) is 0 Å². The van der Waals surface area contributed by atoms with Gasteiger partial charge in [-0.1, -0.05) is 6.92 Å². The van der Waals surface area contributed by atoms with Crippen molar-refractivity contribution in [2.75, 3.05) is 19.6 Å². The van der Waals surface area contributed by atoms with Crippen LogP contribution in [0.2, 0.25) is 0 Å². The van der Waals surface area contributed by atoms with Crippen LogP contribution in [-0.4, -0.2) is 26.1 Å². The second-order valence-corrected chi connectivity index (χ2v) is 3.09. The van der Waals surface area contributed by atoms with Gasteiger partial charge in [-0.25, -0.2) is 8.78 Å². The zero-order chi connectivity index (χ0) is 9.40. The second kappa shape index (κ2) is 7.43. The Morgan fingerprint density at radius 1 is 1.33 bits per heavy atom. The van der Waals surface area contributed by atoms with E-state index in [1.165, 1.54) is 0 Å². The third kappa shape index (κ3) is 7.88. The number of rotatable bonds is 7. The average Bonchev–Trinajstić information content (AvgIpc) is 2.00. The highest BCUT2D eigenvalue weighted by molar-refractivity contribution is 4.58. The average molecular weight is 180 g/mol. The molecule has 4 heteroatoms. The molecule has 0 radical (unpaired) electrons. The third-order valence-corrected chi connectivity index (χ3v) is 1.69. The van der Waals surface area contributed by atoms with Crippen molar-refractivity contribution in [1.82, 2.24) is 5.32 Å². The fourth-order valence-corrected chi connectivity index (χ4v) is 1.01. The van der Waals surface area contributed by atoms with Crippen molar-refractivity contribution in [3.05, 3.63) is 0 Å². The van der Waals surface area contributed by atoms with Gasteiger partial charge in [-0.3, -0.25) is 0 Å². The maximum absolute atomic E-state index is 11.7. The van der Waals surface area contributed by atoms with Gasteiger partial charge in [-0.05, 0) is 31.8 Å². The Kier molecular flexibility index (Phi) is 7.29. The van der Waals surface area contributed by atoms with Crippen molar-refractivity contribution in [2.45, 2.75) is 26.2 Å². The van der Waals surface area contributed by atoms with Gasteiger partial charge in [0.05, 0.1) is 6.54 Å². The fourth-order valence-electron chi connectivity index (χ4n) is 1.01. The van der Waals surface area contributed by atoms with E-state index in [-0.39, 0.29) is 6.54 Å². The van der Waals surface area contributed by atoms with Gasteiger partial charge in [0.15, 0.2) is 0 Å². The summed E-state index contributed by atoms with van der Waals surface area (Å²) in [6.07, 6.45) is -0.267. The molecular formula is C8H18F2N2. The summed E-state index contributed by atoms with van der Waals surface area (Å²) in [7, 11) is 0. The van der Waals surface area contributed by atoms with E-state index >= 15 is 0 Å². The molecule has 0 aromatic carbocycles. The first-order valence-corrected chi connectivity index (χ1v) is 4.35. The Hall–Kier alpha value is -0.220. The summed E-state index contributed by atoms with van der Waals surface area (Å²) in [5.74, 6) is 0.437. The highest BCUT2D eigenvalue weighted by Crippen LogP contribution is 2.02. The van der Waals surface area contributed by atoms with Gasteiger partial charge in [0.25, 0.3) is 6.43 Å². The van der Waals surface area contributed by atoms with Gasteiger partial charge < -0.3 is 11.1 Å². The number of alkyl halides is 2. The van der Waals surface area contributed by atoms with Crippen LogP contribution < -0.4 is 11.1 Å². The molecular weight excluding hydrogens is 162 g/mol. The van der Waals surface area contributed by atoms with Crippen molar-refractivity contribution in [3.8, 4) is 0 Å². The van der Waals surface area contributed by atoms with Crippen LogP contribution in [0.3, 0.4) is 0 Å². The maximum Gasteiger partial charge on any atom is 0.250 e. The van der Waals surface area contributed by atoms with Gasteiger partial charge in [-0.15, -0.1) is 0 Å². The van der Waals surface area contributed by atoms with Crippen LogP contribution in [0.1, 0.15) is 19.8 Å². The summed E-state index contributed by atoms with van der Waals surface area (Å²) in [5.41, 5.74) is 5.31. The molecule has 1 unspecified atom stereocenters. The van der Waals surface area contributed by atoms with E-state index in [0.29, 0.717) is 19.0 Å². The molecule has 2 nitrogen and oxygen atoms in total. The molecule has 0 aliphatic rings. The summed E-state index contributed by atoms with van der Waals surface area (Å²) in [5, 5.41) is 2.70. The lowest BCUT2D eigenvalue weighted by Gasteiger charge is -2.11. The first-order chi connectivity index (χ1) is 5.66. The number of halogens is 2. The monoisotopic (exact) mass is 180 g/mol. The van der Waals surface area contributed by atoms with Crippen molar-refractivity contribution in [3.63, 3.8) is 0 Å². The van der Waals surface area contributed by atoms with E-state index in [0.717, 1.165) is 12.8 Å². The highest BCUT2D eigenvalue weighted by atomic mass is 19.3. The standard InChI is InChI=1S/C8H18F2N2/c1-7(3-2-4-11)5-12-6-8(9)10/h7-8,12H,2-6,11H2,1H3. The third-order valence-electron chi connectivity index (χ3n) is 1.69. The molecule has 0 rings (SSSR count). The fraction of sp³-hybridized carbons (Fsp3) is 1.00. The lowest BCUT2D eigenvalue weighted by atomic mass is 10.1. The smallest absolute Gasteiger partial charge is 0.250 e. The predicted molar refractivity (Wildman–Crippen MR) is 46.3 cm³/mol. The quantitative estimate of drug-likeness (QED) is 0.618. The van der Waals surface area contributed by atoms with Crippen molar-refractivity contribution in [1.29, 1.82) is 0 Å². The Labute approximate surface area is 72.5 Å². The number of nitrogens with one attached hydrogen (secondary N) is 1. The number of nitrogens with two attached hydrogens (primary N) is 1. The molecule has 0 aromatic rings. The molecule has 0 fully saturated rings. The molecule has 0 aromatic heterocycles. The second-order valence-electron chi connectivity index (χ2n) is 3.09. The lowest BCUT2D eigenvalue weighted by molar-refractivity contribution is 0.144. The molecule has 0 amide bonds. The Morgan fingerprint density at radius 3 is 2.50 bits per heavy atom. The van der Waals surface area contributed by atoms with E-state index in [1.54, 1.807) is 0 Å². The van der Waals surface area contributed by atoms with Crippen LogP contribution in [0.4, 0.5) is 8.78 Å². The summed E-state index contributed by atoms with van der Waals surface area (Å²) in [4.78, 5) is 0. The summed E-state index contributed by atoms with van der Waals surface area (Å²) in [6, 6.07) is 0. The van der Waals surface area contributed by atoms with Gasteiger partial charge in [0.1, 0.15) is 0 Å². The minimum Gasteiger partial charge on any atom is -0.330 e. The van der Waals surface area contributed by atoms with E-state index in [2.05, 4.69) is 5.32 Å².